The summed E-state index contributed by atoms with van der Waals surface area (Å²) in [6, 6.07) is 15.3. The molecule has 0 aliphatic carbocycles. The summed E-state index contributed by atoms with van der Waals surface area (Å²) >= 11 is 0. The number of hydrogen-bond donors (Lipinski definition) is 2. The summed E-state index contributed by atoms with van der Waals surface area (Å²) in [7, 11) is 1.99. The van der Waals surface area contributed by atoms with E-state index in [4.69, 9.17) is 0 Å². The number of fused-ring (bicyclic) bond motifs is 1. The molecule has 3 nitrogen and oxygen atoms in total. The van der Waals surface area contributed by atoms with Crippen molar-refractivity contribution in [2.45, 2.75) is 12.5 Å². The van der Waals surface area contributed by atoms with Crippen molar-refractivity contribution in [2.24, 2.45) is 0 Å². The van der Waals surface area contributed by atoms with E-state index < -0.39 is 0 Å². The van der Waals surface area contributed by atoms with Crippen LogP contribution in [0.3, 0.4) is 0 Å². The lowest BCUT2D eigenvalue weighted by atomic mass is 9.99. The fraction of sp³-hybridized carbons (Fsp3) is 0.188. The number of nitrogens with zero attached hydrogens (tertiary/aromatic N) is 1. The minimum atomic E-state index is 0.274. The molecule has 0 aliphatic heterocycles. The Bertz CT molecular complexity index is 659. The van der Waals surface area contributed by atoms with E-state index in [2.05, 4.69) is 57.7 Å². The average molecular weight is 251 g/mol. The Morgan fingerprint density at radius 2 is 2.00 bits per heavy atom. The van der Waals surface area contributed by atoms with E-state index in [-0.39, 0.29) is 6.04 Å². The van der Waals surface area contributed by atoms with Gasteiger partial charge < -0.3 is 10.3 Å². The second kappa shape index (κ2) is 5.24. The first-order chi connectivity index (χ1) is 9.36. The molecular weight excluding hydrogens is 234 g/mol. The Morgan fingerprint density at radius 3 is 2.74 bits per heavy atom. The number of aromatic amines is 1. The average Bonchev–Trinajstić information content (AvgIpc) is 2.97. The van der Waals surface area contributed by atoms with E-state index in [1.807, 2.05) is 13.2 Å². The van der Waals surface area contributed by atoms with Crippen LogP contribution in [0.1, 0.15) is 17.4 Å². The van der Waals surface area contributed by atoms with E-state index in [1.165, 1.54) is 16.3 Å². The maximum Gasteiger partial charge on any atom is 0.107 e. The third-order valence-electron chi connectivity index (χ3n) is 3.48. The molecule has 1 aromatic heterocycles. The molecule has 2 aromatic carbocycles. The number of benzene rings is 2. The zero-order valence-electron chi connectivity index (χ0n) is 10.9. The second-order valence-electron chi connectivity index (χ2n) is 4.69. The minimum absolute atomic E-state index is 0.274. The van der Waals surface area contributed by atoms with Gasteiger partial charge in [0.2, 0.25) is 0 Å². The highest BCUT2D eigenvalue weighted by Gasteiger charge is 2.11. The van der Waals surface area contributed by atoms with Gasteiger partial charge in [0.25, 0.3) is 0 Å². The molecule has 0 aliphatic rings. The Labute approximate surface area is 112 Å². The van der Waals surface area contributed by atoms with Crippen molar-refractivity contribution in [3.05, 3.63) is 66.2 Å². The Morgan fingerprint density at radius 1 is 1.16 bits per heavy atom. The molecule has 3 rings (SSSR count). The smallest absolute Gasteiger partial charge is 0.107 e. The van der Waals surface area contributed by atoms with Gasteiger partial charge in [-0.2, -0.15) is 0 Å². The molecule has 2 N–H and O–H groups in total. The third kappa shape index (κ3) is 2.51. The van der Waals surface area contributed by atoms with Crippen LogP contribution in [0.25, 0.3) is 10.8 Å². The maximum absolute atomic E-state index is 4.30. The molecule has 1 unspecified atom stereocenters. The molecule has 0 spiro atoms. The highest BCUT2D eigenvalue weighted by molar-refractivity contribution is 5.83. The summed E-state index contributed by atoms with van der Waals surface area (Å²) in [5.74, 6) is 1.01. The van der Waals surface area contributed by atoms with Crippen molar-refractivity contribution in [3.8, 4) is 0 Å². The van der Waals surface area contributed by atoms with Crippen molar-refractivity contribution in [1.29, 1.82) is 0 Å². The van der Waals surface area contributed by atoms with E-state index in [9.17, 15) is 0 Å². The first-order valence-corrected chi connectivity index (χ1v) is 6.51. The zero-order valence-corrected chi connectivity index (χ0v) is 10.9. The molecule has 0 saturated heterocycles. The molecule has 0 amide bonds. The van der Waals surface area contributed by atoms with E-state index in [1.54, 1.807) is 6.20 Å². The number of likely N-dealkylation sites (N-methyl/N-ethyl adjacent to an activating group) is 1. The molecular formula is C16H17N3. The monoisotopic (exact) mass is 251 g/mol. The molecule has 1 atom stereocenters. The largest absolute Gasteiger partial charge is 0.349 e. The molecule has 0 saturated carbocycles. The molecule has 1 heterocycles. The van der Waals surface area contributed by atoms with E-state index in [0.29, 0.717) is 0 Å². The summed E-state index contributed by atoms with van der Waals surface area (Å²) in [6.07, 6.45) is 4.52. The molecule has 3 aromatic rings. The van der Waals surface area contributed by atoms with Gasteiger partial charge in [-0.25, -0.2) is 4.98 Å². The number of rotatable bonds is 4. The van der Waals surface area contributed by atoms with Gasteiger partial charge in [-0.05, 0) is 29.4 Å². The van der Waals surface area contributed by atoms with Crippen LogP contribution in [0.2, 0.25) is 0 Å². The van der Waals surface area contributed by atoms with Gasteiger partial charge >= 0.3 is 0 Å². The summed E-state index contributed by atoms with van der Waals surface area (Å²) in [5.41, 5.74) is 1.29. The number of nitrogens with one attached hydrogen (secondary N) is 2. The zero-order chi connectivity index (χ0) is 13.1. The molecule has 96 valence electrons. The van der Waals surface area contributed by atoms with E-state index in [0.717, 1.165) is 12.2 Å². The topological polar surface area (TPSA) is 40.7 Å². The first kappa shape index (κ1) is 11.9. The first-order valence-electron chi connectivity index (χ1n) is 6.51. The lowest BCUT2D eigenvalue weighted by molar-refractivity contribution is 0.578. The molecule has 19 heavy (non-hydrogen) atoms. The van der Waals surface area contributed by atoms with Crippen molar-refractivity contribution >= 4 is 10.8 Å². The molecule has 3 heteroatoms. The van der Waals surface area contributed by atoms with Gasteiger partial charge in [0.05, 0.1) is 0 Å². The Hall–Kier alpha value is -2.13. The van der Waals surface area contributed by atoms with Crippen LogP contribution in [0.5, 0.6) is 0 Å². The van der Waals surface area contributed by atoms with Gasteiger partial charge in [-0.3, -0.25) is 0 Å². The SMILES string of the molecule is CNC(Cc1ncc[nH]1)c1ccc2ccccc2c1. The van der Waals surface area contributed by atoms with Crippen LogP contribution in [-0.4, -0.2) is 17.0 Å². The molecule has 0 fully saturated rings. The lowest BCUT2D eigenvalue weighted by Crippen LogP contribution is -2.19. The fourth-order valence-corrected chi connectivity index (χ4v) is 2.41. The normalized spacial score (nSPS) is 12.7. The highest BCUT2D eigenvalue weighted by atomic mass is 14.9. The fourth-order valence-electron chi connectivity index (χ4n) is 2.41. The summed E-state index contributed by atoms with van der Waals surface area (Å²) in [5, 5.41) is 5.92. The van der Waals surface area contributed by atoms with Crippen molar-refractivity contribution in [2.75, 3.05) is 7.05 Å². The van der Waals surface area contributed by atoms with Crippen LogP contribution < -0.4 is 5.32 Å². The number of H-pyrrole nitrogens is 1. The van der Waals surface area contributed by atoms with Crippen LogP contribution >= 0.6 is 0 Å². The van der Waals surface area contributed by atoms with Crippen LogP contribution in [-0.2, 0) is 6.42 Å². The van der Waals surface area contributed by atoms with Gasteiger partial charge in [0, 0.05) is 24.9 Å². The van der Waals surface area contributed by atoms with Gasteiger partial charge in [0.15, 0.2) is 0 Å². The maximum atomic E-state index is 4.30. The second-order valence-corrected chi connectivity index (χ2v) is 4.69. The van der Waals surface area contributed by atoms with Crippen LogP contribution in [0, 0.1) is 0 Å². The summed E-state index contributed by atoms with van der Waals surface area (Å²) < 4.78 is 0. The molecule has 0 bridgehead atoms. The van der Waals surface area contributed by atoms with E-state index >= 15 is 0 Å². The van der Waals surface area contributed by atoms with Crippen LogP contribution in [0.15, 0.2) is 54.9 Å². The predicted molar refractivity (Wildman–Crippen MR) is 78.0 cm³/mol. The highest BCUT2D eigenvalue weighted by Crippen LogP contribution is 2.22. The van der Waals surface area contributed by atoms with Crippen LogP contribution in [0.4, 0.5) is 0 Å². The predicted octanol–water partition coefficient (Wildman–Crippen LogP) is 3.07. The third-order valence-corrected chi connectivity index (χ3v) is 3.48. The summed E-state index contributed by atoms with van der Waals surface area (Å²) in [6.45, 7) is 0. The van der Waals surface area contributed by atoms with Crippen molar-refractivity contribution in [3.63, 3.8) is 0 Å². The quantitative estimate of drug-likeness (QED) is 0.748. The van der Waals surface area contributed by atoms with Gasteiger partial charge in [-0.15, -0.1) is 0 Å². The van der Waals surface area contributed by atoms with Crippen molar-refractivity contribution < 1.29 is 0 Å². The van der Waals surface area contributed by atoms with Gasteiger partial charge in [-0.1, -0.05) is 36.4 Å². The minimum Gasteiger partial charge on any atom is -0.349 e. The number of hydrogen-bond acceptors (Lipinski definition) is 2. The number of imidazole rings is 1. The summed E-state index contributed by atoms with van der Waals surface area (Å²) in [4.78, 5) is 7.45. The standard InChI is InChI=1S/C16H17N3/c1-17-15(11-16-18-8-9-19-16)14-7-6-12-4-2-3-5-13(12)10-14/h2-10,15,17H,11H2,1H3,(H,18,19). The number of aromatic nitrogens is 2. The Balaban J connectivity index is 1.92. The molecule has 0 radical (unpaired) electrons. The van der Waals surface area contributed by atoms with Gasteiger partial charge in [0.1, 0.15) is 5.82 Å². The lowest BCUT2D eigenvalue weighted by Gasteiger charge is -2.16. The Kier molecular flexibility index (Phi) is 3.29. The van der Waals surface area contributed by atoms with Crippen molar-refractivity contribution in [1.82, 2.24) is 15.3 Å².